The van der Waals surface area contributed by atoms with Gasteiger partial charge in [-0.1, -0.05) is 0 Å². The van der Waals surface area contributed by atoms with Crippen molar-refractivity contribution in [1.29, 1.82) is 0 Å². The number of hydrogen-bond donors (Lipinski definition) is 0. The number of likely N-dealkylation sites (N-methyl/N-ethyl adjacent to an activating group) is 1. The molecule has 1 saturated heterocycles. The minimum Gasteiger partial charge on any atom is -0.379 e. The molecule has 1 saturated carbocycles. The summed E-state index contributed by atoms with van der Waals surface area (Å²) in [6, 6.07) is 0.345. The van der Waals surface area contributed by atoms with Crippen LogP contribution in [-0.2, 0) is 9.53 Å². The molecule has 0 spiro atoms. The Kier molecular flexibility index (Phi) is 2.05. The summed E-state index contributed by atoms with van der Waals surface area (Å²) < 4.78 is 5.23. The van der Waals surface area contributed by atoms with Crippen molar-refractivity contribution < 1.29 is 9.53 Å². The minimum absolute atomic E-state index is 0.325. The summed E-state index contributed by atoms with van der Waals surface area (Å²) in [5.41, 5.74) is 0. The van der Waals surface area contributed by atoms with Crippen molar-refractivity contribution in [3.8, 4) is 0 Å². The molecule has 1 aliphatic carbocycles. The van der Waals surface area contributed by atoms with Crippen LogP contribution in [0, 0.1) is 5.92 Å². The second-order valence-electron chi connectivity index (χ2n) is 3.74. The second-order valence-corrected chi connectivity index (χ2v) is 3.74. The van der Waals surface area contributed by atoms with Crippen molar-refractivity contribution in [2.75, 3.05) is 20.3 Å². The molecule has 2 fully saturated rings. The summed E-state index contributed by atoms with van der Waals surface area (Å²) >= 11 is 0. The van der Waals surface area contributed by atoms with Gasteiger partial charge in [0.05, 0.1) is 12.6 Å². The van der Waals surface area contributed by atoms with E-state index < -0.39 is 0 Å². The van der Waals surface area contributed by atoms with Crippen molar-refractivity contribution >= 4 is 5.91 Å². The molecule has 0 radical (unpaired) electrons. The Balaban J connectivity index is 1.88. The Morgan fingerprint density at radius 3 is 2.67 bits per heavy atom. The molecular weight excluding hydrogens is 154 g/mol. The van der Waals surface area contributed by atoms with E-state index in [9.17, 15) is 4.79 Å². The molecule has 0 aromatic carbocycles. The molecule has 1 aliphatic heterocycles. The van der Waals surface area contributed by atoms with Crippen molar-refractivity contribution in [2.45, 2.75) is 25.3 Å². The van der Waals surface area contributed by atoms with Crippen LogP contribution >= 0.6 is 0 Å². The first-order valence-corrected chi connectivity index (χ1v) is 4.63. The molecule has 0 bridgehead atoms. The molecule has 1 atom stereocenters. The van der Waals surface area contributed by atoms with Crippen LogP contribution in [0.5, 0.6) is 0 Å². The lowest BCUT2D eigenvalue weighted by Crippen LogP contribution is -2.38. The van der Waals surface area contributed by atoms with E-state index in [1.807, 2.05) is 11.9 Å². The molecular formula is C9H15NO2. The summed E-state index contributed by atoms with van der Waals surface area (Å²) in [6.45, 7) is 1.54. The van der Waals surface area contributed by atoms with Crippen LogP contribution in [0.25, 0.3) is 0 Å². The van der Waals surface area contributed by atoms with Crippen molar-refractivity contribution in [3.63, 3.8) is 0 Å². The fourth-order valence-corrected chi connectivity index (χ4v) is 1.63. The van der Waals surface area contributed by atoms with Gasteiger partial charge in [0, 0.05) is 19.6 Å². The standard InChI is InChI=1S/C9H15NO2/c1-10(8-4-5-12-6-8)9(11)7-2-3-7/h7-8H,2-6H2,1H3. The predicted octanol–water partition coefficient (Wildman–Crippen LogP) is 0.644. The van der Waals surface area contributed by atoms with E-state index in [0.717, 1.165) is 32.5 Å². The van der Waals surface area contributed by atoms with Gasteiger partial charge in [-0.05, 0) is 19.3 Å². The van der Waals surface area contributed by atoms with E-state index in [2.05, 4.69) is 0 Å². The van der Waals surface area contributed by atoms with Crippen molar-refractivity contribution in [2.24, 2.45) is 5.92 Å². The summed E-state index contributed by atoms with van der Waals surface area (Å²) in [4.78, 5) is 13.4. The maximum absolute atomic E-state index is 11.6. The quantitative estimate of drug-likeness (QED) is 0.607. The molecule has 1 unspecified atom stereocenters. The first-order chi connectivity index (χ1) is 5.79. The van der Waals surface area contributed by atoms with Crippen molar-refractivity contribution in [1.82, 2.24) is 4.90 Å². The Bertz CT molecular complexity index is 183. The lowest BCUT2D eigenvalue weighted by atomic mass is 10.2. The van der Waals surface area contributed by atoms with E-state index >= 15 is 0 Å². The van der Waals surface area contributed by atoms with Gasteiger partial charge in [-0.15, -0.1) is 0 Å². The van der Waals surface area contributed by atoms with Crippen LogP contribution in [0.15, 0.2) is 0 Å². The topological polar surface area (TPSA) is 29.5 Å². The first kappa shape index (κ1) is 8.05. The monoisotopic (exact) mass is 169 g/mol. The van der Waals surface area contributed by atoms with Crippen LogP contribution < -0.4 is 0 Å². The van der Waals surface area contributed by atoms with Gasteiger partial charge in [-0.25, -0.2) is 0 Å². The molecule has 68 valence electrons. The van der Waals surface area contributed by atoms with Crippen LogP contribution in [0.2, 0.25) is 0 Å². The van der Waals surface area contributed by atoms with E-state index in [-0.39, 0.29) is 0 Å². The van der Waals surface area contributed by atoms with Crippen LogP contribution in [-0.4, -0.2) is 37.1 Å². The van der Waals surface area contributed by atoms with Crippen LogP contribution in [0.1, 0.15) is 19.3 Å². The van der Waals surface area contributed by atoms with Gasteiger partial charge in [0.15, 0.2) is 0 Å². The fourth-order valence-electron chi connectivity index (χ4n) is 1.63. The lowest BCUT2D eigenvalue weighted by molar-refractivity contribution is -0.133. The van der Waals surface area contributed by atoms with Gasteiger partial charge in [0.1, 0.15) is 0 Å². The minimum atomic E-state index is 0.325. The maximum atomic E-state index is 11.6. The third-order valence-electron chi connectivity index (χ3n) is 2.73. The number of carbonyl (C=O) groups is 1. The number of rotatable bonds is 2. The molecule has 0 aromatic rings. The number of ether oxygens (including phenoxy) is 1. The molecule has 1 amide bonds. The molecule has 12 heavy (non-hydrogen) atoms. The Labute approximate surface area is 72.7 Å². The van der Waals surface area contributed by atoms with Crippen LogP contribution in [0.3, 0.4) is 0 Å². The van der Waals surface area contributed by atoms with E-state index in [1.54, 1.807) is 0 Å². The van der Waals surface area contributed by atoms with Gasteiger partial charge in [-0.3, -0.25) is 4.79 Å². The average Bonchev–Trinajstić information content (AvgIpc) is 2.79. The first-order valence-electron chi connectivity index (χ1n) is 4.63. The zero-order valence-corrected chi connectivity index (χ0v) is 7.45. The molecule has 3 heteroatoms. The summed E-state index contributed by atoms with van der Waals surface area (Å²) in [6.07, 6.45) is 3.20. The van der Waals surface area contributed by atoms with Gasteiger partial charge in [0.25, 0.3) is 0 Å². The van der Waals surface area contributed by atoms with E-state index in [1.165, 1.54) is 0 Å². The fraction of sp³-hybridized carbons (Fsp3) is 0.889. The maximum Gasteiger partial charge on any atom is 0.225 e. The normalized spacial score (nSPS) is 28.9. The number of nitrogens with zero attached hydrogens (tertiary/aromatic N) is 1. The number of carbonyl (C=O) groups excluding carboxylic acids is 1. The third-order valence-corrected chi connectivity index (χ3v) is 2.73. The molecule has 3 nitrogen and oxygen atoms in total. The molecule has 0 aromatic heterocycles. The van der Waals surface area contributed by atoms with Gasteiger partial charge in [-0.2, -0.15) is 0 Å². The summed E-state index contributed by atoms with van der Waals surface area (Å²) in [5.74, 6) is 0.668. The zero-order valence-electron chi connectivity index (χ0n) is 7.45. The molecule has 1 heterocycles. The molecule has 2 aliphatic rings. The van der Waals surface area contributed by atoms with Crippen molar-refractivity contribution in [3.05, 3.63) is 0 Å². The van der Waals surface area contributed by atoms with Gasteiger partial charge < -0.3 is 9.64 Å². The van der Waals surface area contributed by atoms with Gasteiger partial charge in [0.2, 0.25) is 5.91 Å². The lowest BCUT2D eigenvalue weighted by Gasteiger charge is -2.22. The Morgan fingerprint density at radius 2 is 2.17 bits per heavy atom. The SMILES string of the molecule is CN(C(=O)C1CC1)C1CCOC1. The largest absolute Gasteiger partial charge is 0.379 e. The average molecular weight is 169 g/mol. The van der Waals surface area contributed by atoms with Gasteiger partial charge >= 0.3 is 0 Å². The number of hydrogen-bond acceptors (Lipinski definition) is 2. The Morgan fingerprint density at radius 1 is 1.42 bits per heavy atom. The summed E-state index contributed by atoms with van der Waals surface area (Å²) in [7, 11) is 1.90. The Hall–Kier alpha value is -0.570. The smallest absolute Gasteiger partial charge is 0.225 e. The highest BCUT2D eigenvalue weighted by Crippen LogP contribution is 2.31. The highest BCUT2D eigenvalue weighted by Gasteiger charge is 2.35. The highest BCUT2D eigenvalue weighted by atomic mass is 16.5. The van der Waals surface area contributed by atoms with E-state index in [4.69, 9.17) is 4.74 Å². The molecule has 0 N–H and O–H groups in total. The van der Waals surface area contributed by atoms with Crippen LogP contribution in [0.4, 0.5) is 0 Å². The third kappa shape index (κ3) is 1.46. The predicted molar refractivity (Wildman–Crippen MR) is 44.7 cm³/mol. The second kappa shape index (κ2) is 3.05. The molecule has 2 rings (SSSR count). The summed E-state index contributed by atoms with van der Waals surface area (Å²) in [5, 5.41) is 0. The highest BCUT2D eigenvalue weighted by molar-refractivity contribution is 5.81. The van der Waals surface area contributed by atoms with E-state index in [0.29, 0.717) is 17.9 Å². The number of amides is 1. The zero-order chi connectivity index (χ0) is 8.55.